The van der Waals surface area contributed by atoms with Gasteiger partial charge in [-0.15, -0.1) is 0 Å². The van der Waals surface area contributed by atoms with Gasteiger partial charge in [-0.2, -0.15) is 0 Å². The quantitative estimate of drug-likeness (QED) is 0.171. The van der Waals surface area contributed by atoms with Gasteiger partial charge in [0.2, 0.25) is 0 Å². The summed E-state index contributed by atoms with van der Waals surface area (Å²) in [6.45, 7) is 0. The van der Waals surface area contributed by atoms with Crippen molar-refractivity contribution in [3.8, 4) is 56.5 Å². The van der Waals surface area contributed by atoms with E-state index < -0.39 is 0 Å². The molecule has 0 N–H and O–H groups in total. The van der Waals surface area contributed by atoms with Crippen molar-refractivity contribution < 1.29 is 0 Å². The van der Waals surface area contributed by atoms with E-state index in [1.54, 1.807) is 0 Å². The van der Waals surface area contributed by atoms with Crippen molar-refractivity contribution in [2.24, 2.45) is 0 Å². The second kappa shape index (κ2) is 12.3. The van der Waals surface area contributed by atoms with Gasteiger partial charge < -0.3 is 0 Å². The van der Waals surface area contributed by atoms with Crippen LogP contribution in [0.2, 0.25) is 0 Å². The minimum Gasteiger partial charge on any atom is -0.254 e. The Morgan fingerprint density at radius 1 is 0.308 bits per heavy atom. The standard InChI is InChI=1S/C47H29N5/c1-3-12-32(13-4-1)45-50-46(33-14-5-2-6-15-33)52-47(51-45)37-27-35(41-29-34-16-7-8-18-38(34)39-19-9-10-20-40(39)41)26-36(28-37)42-24-23-31-22-21-30-17-11-25-48-43(30)44(31)49-42/h1-29H. The van der Waals surface area contributed by atoms with Crippen LogP contribution in [0.25, 0.3) is 99.9 Å². The zero-order valence-electron chi connectivity index (χ0n) is 28.0. The number of pyridine rings is 2. The second-order valence-corrected chi connectivity index (χ2v) is 12.9. The van der Waals surface area contributed by atoms with Gasteiger partial charge in [0, 0.05) is 39.2 Å². The van der Waals surface area contributed by atoms with Crippen LogP contribution in [0.15, 0.2) is 176 Å². The summed E-state index contributed by atoms with van der Waals surface area (Å²) in [4.78, 5) is 25.2. The Labute approximate surface area is 300 Å². The summed E-state index contributed by atoms with van der Waals surface area (Å²) in [6.07, 6.45) is 1.83. The maximum Gasteiger partial charge on any atom is 0.164 e. The molecule has 0 aliphatic heterocycles. The molecule has 0 aliphatic carbocycles. The Bertz CT molecular complexity index is 2900. The first-order valence-electron chi connectivity index (χ1n) is 17.3. The van der Waals surface area contributed by atoms with Crippen LogP contribution in [0.4, 0.5) is 0 Å². The fraction of sp³-hybridized carbons (Fsp3) is 0. The van der Waals surface area contributed by atoms with E-state index in [9.17, 15) is 0 Å². The normalized spacial score (nSPS) is 11.5. The molecule has 0 saturated carbocycles. The lowest BCUT2D eigenvalue weighted by molar-refractivity contribution is 1.07. The summed E-state index contributed by atoms with van der Waals surface area (Å²) in [7, 11) is 0. The lowest BCUT2D eigenvalue weighted by Gasteiger charge is -2.15. The molecule has 0 fully saturated rings. The molecule has 0 amide bonds. The monoisotopic (exact) mass is 663 g/mol. The highest BCUT2D eigenvalue weighted by atomic mass is 15.0. The number of rotatable bonds is 5. The zero-order valence-corrected chi connectivity index (χ0v) is 28.0. The molecule has 0 unspecified atom stereocenters. The van der Waals surface area contributed by atoms with Crippen molar-refractivity contribution in [1.82, 2.24) is 24.9 Å². The second-order valence-electron chi connectivity index (χ2n) is 12.9. The molecule has 0 spiro atoms. The van der Waals surface area contributed by atoms with Gasteiger partial charge in [0.25, 0.3) is 0 Å². The predicted octanol–water partition coefficient (Wildman–Crippen LogP) is 11.6. The maximum atomic E-state index is 5.27. The first kappa shape index (κ1) is 29.8. The Hall–Kier alpha value is -7.11. The van der Waals surface area contributed by atoms with Crippen molar-refractivity contribution in [2.75, 3.05) is 0 Å². The van der Waals surface area contributed by atoms with Crippen LogP contribution in [0.1, 0.15) is 0 Å². The van der Waals surface area contributed by atoms with Gasteiger partial charge in [-0.25, -0.2) is 19.9 Å². The van der Waals surface area contributed by atoms with E-state index in [2.05, 4.69) is 103 Å². The number of nitrogens with zero attached hydrogens (tertiary/aromatic N) is 5. The van der Waals surface area contributed by atoms with Crippen LogP contribution in [0.3, 0.4) is 0 Å². The minimum absolute atomic E-state index is 0.591. The fourth-order valence-corrected chi connectivity index (χ4v) is 7.18. The van der Waals surface area contributed by atoms with Crippen molar-refractivity contribution in [3.05, 3.63) is 176 Å². The number of benzene rings is 7. The van der Waals surface area contributed by atoms with Crippen LogP contribution >= 0.6 is 0 Å². The lowest BCUT2D eigenvalue weighted by atomic mass is 9.91. The summed E-state index contributed by atoms with van der Waals surface area (Å²) in [6, 6.07) is 58.8. The molecule has 0 radical (unpaired) electrons. The summed E-state index contributed by atoms with van der Waals surface area (Å²) in [5.41, 5.74) is 8.47. The molecule has 5 nitrogen and oxygen atoms in total. The summed E-state index contributed by atoms with van der Waals surface area (Å²) >= 11 is 0. The predicted molar refractivity (Wildman–Crippen MR) is 213 cm³/mol. The van der Waals surface area contributed by atoms with Gasteiger partial charge >= 0.3 is 0 Å². The molecule has 3 aromatic heterocycles. The van der Waals surface area contributed by atoms with Gasteiger partial charge in [0.1, 0.15) is 0 Å². The molecule has 0 saturated heterocycles. The van der Waals surface area contributed by atoms with Crippen LogP contribution in [-0.2, 0) is 0 Å². The van der Waals surface area contributed by atoms with Crippen molar-refractivity contribution in [1.29, 1.82) is 0 Å². The first-order valence-corrected chi connectivity index (χ1v) is 17.3. The summed E-state index contributed by atoms with van der Waals surface area (Å²) < 4.78 is 0. The van der Waals surface area contributed by atoms with E-state index in [1.807, 2.05) is 72.9 Å². The highest BCUT2D eigenvalue weighted by Gasteiger charge is 2.17. The zero-order chi connectivity index (χ0) is 34.4. The molecule has 0 bridgehead atoms. The summed E-state index contributed by atoms with van der Waals surface area (Å²) in [5.74, 6) is 1.83. The molecule has 10 aromatic rings. The highest BCUT2D eigenvalue weighted by molar-refractivity contribution is 6.14. The van der Waals surface area contributed by atoms with Gasteiger partial charge in [-0.05, 0) is 69.1 Å². The van der Waals surface area contributed by atoms with E-state index >= 15 is 0 Å². The first-order chi connectivity index (χ1) is 25.7. The third-order valence-corrected chi connectivity index (χ3v) is 9.70. The lowest BCUT2D eigenvalue weighted by Crippen LogP contribution is -2.00. The number of aromatic nitrogens is 5. The molecular weight excluding hydrogens is 635 g/mol. The third kappa shape index (κ3) is 5.24. The number of hydrogen-bond donors (Lipinski definition) is 0. The highest BCUT2D eigenvalue weighted by Crippen LogP contribution is 2.39. The molecule has 52 heavy (non-hydrogen) atoms. The molecule has 10 rings (SSSR count). The van der Waals surface area contributed by atoms with Gasteiger partial charge in [-0.1, -0.05) is 133 Å². The van der Waals surface area contributed by atoms with Gasteiger partial charge in [0.05, 0.1) is 16.7 Å². The number of hydrogen-bond acceptors (Lipinski definition) is 5. The van der Waals surface area contributed by atoms with Crippen LogP contribution in [0, 0.1) is 0 Å². The number of fused-ring (bicyclic) bond motifs is 6. The van der Waals surface area contributed by atoms with E-state index in [0.717, 1.165) is 60.9 Å². The SMILES string of the molecule is c1ccc(-c2nc(-c3ccccc3)nc(-c3cc(-c4ccc5ccc6cccnc6c5n4)cc(-c4cc5ccccc5c5ccccc45)c3)n2)cc1. The molecular formula is C47H29N5. The molecule has 242 valence electrons. The molecule has 0 aliphatic rings. The van der Waals surface area contributed by atoms with E-state index in [-0.39, 0.29) is 0 Å². The minimum atomic E-state index is 0.591. The van der Waals surface area contributed by atoms with E-state index in [1.165, 1.54) is 21.5 Å². The van der Waals surface area contributed by atoms with Crippen molar-refractivity contribution >= 4 is 43.4 Å². The fourth-order valence-electron chi connectivity index (χ4n) is 7.18. The molecule has 5 heteroatoms. The average molecular weight is 664 g/mol. The molecule has 3 heterocycles. The Morgan fingerprint density at radius 2 is 0.846 bits per heavy atom. The van der Waals surface area contributed by atoms with Crippen molar-refractivity contribution in [3.63, 3.8) is 0 Å². The third-order valence-electron chi connectivity index (χ3n) is 9.70. The maximum absolute atomic E-state index is 5.27. The largest absolute Gasteiger partial charge is 0.254 e. The molecule has 7 aromatic carbocycles. The Kier molecular flexibility index (Phi) is 7.07. The van der Waals surface area contributed by atoms with Gasteiger partial charge in [0.15, 0.2) is 17.5 Å². The summed E-state index contributed by atoms with van der Waals surface area (Å²) in [5, 5.41) is 6.90. The van der Waals surface area contributed by atoms with E-state index in [4.69, 9.17) is 24.9 Å². The molecule has 0 atom stereocenters. The average Bonchev–Trinajstić information content (AvgIpc) is 3.23. The van der Waals surface area contributed by atoms with Crippen LogP contribution in [-0.4, -0.2) is 24.9 Å². The van der Waals surface area contributed by atoms with E-state index in [0.29, 0.717) is 17.5 Å². The Morgan fingerprint density at radius 3 is 1.58 bits per heavy atom. The van der Waals surface area contributed by atoms with Crippen molar-refractivity contribution in [2.45, 2.75) is 0 Å². The van der Waals surface area contributed by atoms with Gasteiger partial charge in [-0.3, -0.25) is 4.98 Å². The smallest absolute Gasteiger partial charge is 0.164 e. The Balaban J connectivity index is 1.26. The van der Waals surface area contributed by atoms with Crippen LogP contribution in [0.5, 0.6) is 0 Å². The van der Waals surface area contributed by atoms with Crippen LogP contribution < -0.4 is 0 Å². The topological polar surface area (TPSA) is 64.5 Å².